The smallest absolute Gasteiger partial charge is 0.174 e. The number of hydrogen-bond acceptors (Lipinski definition) is 4. The number of ether oxygens (including phenoxy) is 1. The molecule has 0 saturated heterocycles. The van der Waals surface area contributed by atoms with Crippen LogP contribution in [0.15, 0.2) is 36.4 Å². The van der Waals surface area contributed by atoms with E-state index in [1.54, 1.807) is 24.3 Å². The van der Waals surface area contributed by atoms with E-state index in [0.29, 0.717) is 11.5 Å². The molecule has 0 fully saturated rings. The fourth-order valence-corrected chi connectivity index (χ4v) is 1.62. The van der Waals surface area contributed by atoms with Gasteiger partial charge in [-0.15, -0.1) is 0 Å². The maximum absolute atomic E-state index is 13.4. The van der Waals surface area contributed by atoms with Crippen molar-refractivity contribution in [2.45, 2.75) is 6.61 Å². The van der Waals surface area contributed by atoms with E-state index < -0.39 is 5.82 Å². The molecular formula is C12H11ClFN3O. The van der Waals surface area contributed by atoms with Crippen molar-refractivity contribution in [3.63, 3.8) is 0 Å². The lowest BCUT2D eigenvalue weighted by Crippen LogP contribution is -2.10. The van der Waals surface area contributed by atoms with Crippen molar-refractivity contribution in [3.8, 4) is 5.75 Å². The number of rotatable bonds is 4. The van der Waals surface area contributed by atoms with Gasteiger partial charge in [0, 0.05) is 0 Å². The molecule has 6 heteroatoms. The number of nitrogens with zero attached hydrogens (tertiary/aromatic N) is 1. The summed E-state index contributed by atoms with van der Waals surface area (Å²) in [6.45, 7) is 0.107. The van der Waals surface area contributed by atoms with Crippen molar-refractivity contribution in [1.29, 1.82) is 0 Å². The van der Waals surface area contributed by atoms with E-state index in [0.717, 1.165) is 0 Å². The van der Waals surface area contributed by atoms with Crippen LogP contribution in [0.2, 0.25) is 5.02 Å². The fourth-order valence-electron chi connectivity index (χ4n) is 1.41. The predicted octanol–water partition coefficient (Wildman–Crippen LogP) is 2.74. The number of anilines is 1. The van der Waals surface area contributed by atoms with E-state index in [-0.39, 0.29) is 17.4 Å². The average Bonchev–Trinajstić information content (AvgIpc) is 2.38. The molecule has 0 atom stereocenters. The highest BCUT2D eigenvalue weighted by Crippen LogP contribution is 2.27. The minimum absolute atomic E-state index is 0.0204. The molecule has 94 valence electrons. The van der Waals surface area contributed by atoms with Crippen molar-refractivity contribution >= 4 is 17.4 Å². The number of nitrogens with one attached hydrogen (secondary N) is 1. The summed E-state index contributed by atoms with van der Waals surface area (Å²) in [5.41, 5.74) is 3.04. The van der Waals surface area contributed by atoms with Gasteiger partial charge in [0.2, 0.25) is 0 Å². The summed E-state index contributed by atoms with van der Waals surface area (Å²) in [5.74, 6) is 5.27. The minimum Gasteiger partial charge on any atom is -0.483 e. The summed E-state index contributed by atoms with van der Waals surface area (Å²) in [6.07, 6.45) is 0. The maximum atomic E-state index is 13.4. The van der Waals surface area contributed by atoms with E-state index in [9.17, 15) is 4.39 Å². The number of para-hydroxylation sites is 1. The van der Waals surface area contributed by atoms with Crippen LogP contribution in [-0.2, 0) is 6.61 Å². The SMILES string of the molecule is NNc1cccc(COc2c(F)cccc2Cl)n1. The second-order valence-electron chi connectivity index (χ2n) is 3.50. The number of halogens is 2. The van der Waals surface area contributed by atoms with Crippen molar-refractivity contribution in [3.05, 3.63) is 52.9 Å². The number of pyridine rings is 1. The first kappa shape index (κ1) is 12.6. The maximum Gasteiger partial charge on any atom is 0.174 e. The third kappa shape index (κ3) is 2.88. The molecule has 1 aromatic heterocycles. The quantitative estimate of drug-likeness (QED) is 0.661. The first-order chi connectivity index (χ1) is 8.70. The number of benzene rings is 1. The van der Waals surface area contributed by atoms with Gasteiger partial charge in [0.1, 0.15) is 12.4 Å². The monoisotopic (exact) mass is 267 g/mol. The molecule has 0 aliphatic heterocycles. The summed E-state index contributed by atoms with van der Waals surface area (Å²) in [5, 5.41) is 0.225. The Morgan fingerprint density at radius 1 is 1.28 bits per heavy atom. The van der Waals surface area contributed by atoms with Gasteiger partial charge in [0.15, 0.2) is 11.6 Å². The predicted molar refractivity (Wildman–Crippen MR) is 67.8 cm³/mol. The molecule has 0 spiro atoms. The average molecular weight is 268 g/mol. The van der Waals surface area contributed by atoms with Gasteiger partial charge >= 0.3 is 0 Å². The summed E-state index contributed by atoms with van der Waals surface area (Å²) in [4.78, 5) is 4.14. The zero-order valence-electron chi connectivity index (χ0n) is 9.36. The molecule has 0 unspecified atom stereocenters. The zero-order chi connectivity index (χ0) is 13.0. The van der Waals surface area contributed by atoms with Gasteiger partial charge < -0.3 is 10.2 Å². The molecule has 2 rings (SSSR count). The molecule has 4 nitrogen and oxygen atoms in total. The second-order valence-corrected chi connectivity index (χ2v) is 3.91. The van der Waals surface area contributed by atoms with Crippen LogP contribution >= 0.6 is 11.6 Å². The Balaban J connectivity index is 2.11. The third-order valence-corrected chi connectivity index (χ3v) is 2.54. The summed E-state index contributed by atoms with van der Waals surface area (Å²) < 4.78 is 18.8. The van der Waals surface area contributed by atoms with Crippen LogP contribution in [0.5, 0.6) is 5.75 Å². The van der Waals surface area contributed by atoms with Gasteiger partial charge in [-0.05, 0) is 24.3 Å². The van der Waals surface area contributed by atoms with Crippen molar-refractivity contribution in [1.82, 2.24) is 4.98 Å². The number of nitrogens with two attached hydrogens (primary N) is 1. The van der Waals surface area contributed by atoms with E-state index >= 15 is 0 Å². The van der Waals surface area contributed by atoms with Gasteiger partial charge in [-0.2, -0.15) is 0 Å². The topological polar surface area (TPSA) is 60.2 Å². The molecule has 0 amide bonds. The Kier molecular flexibility index (Phi) is 3.96. The molecule has 18 heavy (non-hydrogen) atoms. The van der Waals surface area contributed by atoms with E-state index in [2.05, 4.69) is 10.4 Å². The van der Waals surface area contributed by atoms with Crippen LogP contribution in [0.1, 0.15) is 5.69 Å². The van der Waals surface area contributed by atoms with Gasteiger partial charge in [-0.1, -0.05) is 23.7 Å². The Morgan fingerprint density at radius 3 is 2.78 bits per heavy atom. The second kappa shape index (κ2) is 5.66. The highest BCUT2D eigenvalue weighted by atomic mass is 35.5. The van der Waals surface area contributed by atoms with Crippen LogP contribution in [0.3, 0.4) is 0 Å². The fraction of sp³-hybridized carbons (Fsp3) is 0.0833. The normalized spacial score (nSPS) is 10.2. The molecule has 3 N–H and O–H groups in total. The molecule has 0 aliphatic carbocycles. The van der Waals surface area contributed by atoms with Crippen LogP contribution in [-0.4, -0.2) is 4.98 Å². The molecule has 0 saturated carbocycles. The zero-order valence-corrected chi connectivity index (χ0v) is 10.1. The lowest BCUT2D eigenvalue weighted by molar-refractivity contribution is 0.286. The largest absolute Gasteiger partial charge is 0.483 e. The molecular weight excluding hydrogens is 257 g/mol. The van der Waals surface area contributed by atoms with Gasteiger partial charge in [-0.25, -0.2) is 15.2 Å². The van der Waals surface area contributed by atoms with E-state index in [1.807, 2.05) is 0 Å². The summed E-state index contributed by atoms with van der Waals surface area (Å²) >= 11 is 5.84. The molecule has 1 heterocycles. The van der Waals surface area contributed by atoms with Gasteiger partial charge in [0.25, 0.3) is 0 Å². The first-order valence-electron chi connectivity index (χ1n) is 5.20. The van der Waals surface area contributed by atoms with Crippen LogP contribution < -0.4 is 16.0 Å². The summed E-state index contributed by atoms with van der Waals surface area (Å²) in [7, 11) is 0. The lowest BCUT2D eigenvalue weighted by atomic mass is 10.3. The Hall–Kier alpha value is -1.85. The standard InChI is InChI=1S/C12H11ClFN3O/c13-9-4-2-5-10(14)12(9)18-7-8-3-1-6-11(16-8)17-15/h1-6H,7,15H2,(H,16,17). The highest BCUT2D eigenvalue weighted by molar-refractivity contribution is 6.32. The molecule has 0 aliphatic rings. The van der Waals surface area contributed by atoms with Crippen LogP contribution in [0, 0.1) is 5.82 Å². The molecule has 0 bridgehead atoms. The Morgan fingerprint density at radius 2 is 2.06 bits per heavy atom. The van der Waals surface area contributed by atoms with Crippen molar-refractivity contribution in [2.75, 3.05) is 5.43 Å². The number of aromatic nitrogens is 1. The van der Waals surface area contributed by atoms with E-state index in [1.165, 1.54) is 12.1 Å². The molecule has 0 radical (unpaired) electrons. The Bertz CT molecular complexity index is 530. The highest BCUT2D eigenvalue weighted by Gasteiger charge is 2.08. The van der Waals surface area contributed by atoms with Crippen LogP contribution in [0.4, 0.5) is 10.2 Å². The number of nitrogen functional groups attached to an aromatic ring is 1. The van der Waals surface area contributed by atoms with Crippen LogP contribution in [0.25, 0.3) is 0 Å². The first-order valence-corrected chi connectivity index (χ1v) is 5.58. The third-order valence-electron chi connectivity index (χ3n) is 2.24. The van der Waals surface area contributed by atoms with Crippen molar-refractivity contribution < 1.29 is 9.13 Å². The lowest BCUT2D eigenvalue weighted by Gasteiger charge is -2.09. The van der Waals surface area contributed by atoms with E-state index in [4.69, 9.17) is 22.2 Å². The van der Waals surface area contributed by atoms with Gasteiger partial charge in [0.05, 0.1) is 10.7 Å². The number of hydrogen-bond donors (Lipinski definition) is 2. The Labute approximate surface area is 109 Å². The molecule has 1 aromatic carbocycles. The van der Waals surface area contributed by atoms with Gasteiger partial charge in [-0.3, -0.25) is 0 Å². The number of hydrazine groups is 1. The molecule has 2 aromatic rings. The summed E-state index contributed by atoms with van der Waals surface area (Å²) in [6, 6.07) is 9.58. The van der Waals surface area contributed by atoms with Crippen molar-refractivity contribution in [2.24, 2.45) is 5.84 Å². The minimum atomic E-state index is -0.504.